The van der Waals surface area contributed by atoms with E-state index in [9.17, 15) is 0 Å². The SMILES string of the molecule is CCCCCC1(C(C)(C)C)C=CN=C1. The van der Waals surface area contributed by atoms with Gasteiger partial charge in [-0.3, -0.25) is 4.99 Å². The van der Waals surface area contributed by atoms with Gasteiger partial charge in [-0.2, -0.15) is 0 Å². The summed E-state index contributed by atoms with van der Waals surface area (Å²) in [6, 6.07) is 0. The van der Waals surface area contributed by atoms with Gasteiger partial charge in [-0.05, 0) is 11.8 Å². The van der Waals surface area contributed by atoms with Crippen LogP contribution in [0.4, 0.5) is 0 Å². The van der Waals surface area contributed by atoms with Crippen molar-refractivity contribution in [1.29, 1.82) is 0 Å². The first-order valence-electron chi connectivity index (χ1n) is 5.74. The predicted molar refractivity (Wildman–Crippen MR) is 63.7 cm³/mol. The molecule has 0 aliphatic carbocycles. The van der Waals surface area contributed by atoms with Crippen LogP contribution in [0, 0.1) is 10.8 Å². The molecule has 0 bridgehead atoms. The highest BCUT2D eigenvalue weighted by Gasteiger charge is 2.39. The molecule has 0 N–H and O–H groups in total. The Bertz CT molecular complexity index is 218. The molecular formula is C13H23N. The Balaban J connectivity index is 2.65. The lowest BCUT2D eigenvalue weighted by Crippen LogP contribution is -2.34. The van der Waals surface area contributed by atoms with Crippen molar-refractivity contribution in [2.45, 2.75) is 53.4 Å². The molecule has 1 rings (SSSR count). The van der Waals surface area contributed by atoms with Crippen LogP contribution in [0.3, 0.4) is 0 Å². The molecule has 1 aliphatic rings. The Morgan fingerprint density at radius 3 is 2.36 bits per heavy atom. The average Bonchev–Trinajstić information content (AvgIpc) is 2.53. The van der Waals surface area contributed by atoms with Crippen LogP contribution in [0.2, 0.25) is 0 Å². The molecule has 0 aromatic carbocycles. The second kappa shape index (κ2) is 4.29. The van der Waals surface area contributed by atoms with Crippen molar-refractivity contribution in [3.8, 4) is 0 Å². The average molecular weight is 193 g/mol. The third-order valence-electron chi connectivity index (χ3n) is 3.35. The van der Waals surface area contributed by atoms with E-state index in [0.29, 0.717) is 0 Å². The van der Waals surface area contributed by atoms with Gasteiger partial charge in [0.05, 0.1) is 0 Å². The normalized spacial score (nSPS) is 26.0. The van der Waals surface area contributed by atoms with E-state index in [4.69, 9.17) is 0 Å². The molecule has 0 saturated carbocycles. The standard InChI is InChI=1S/C13H23N/c1-5-6-7-8-13(12(2,3)4)9-10-14-11-13/h9-11H,5-8H2,1-4H3. The molecule has 1 aliphatic heterocycles. The van der Waals surface area contributed by atoms with E-state index in [0.717, 1.165) is 0 Å². The minimum atomic E-state index is 0.210. The van der Waals surface area contributed by atoms with Crippen molar-refractivity contribution in [2.24, 2.45) is 15.8 Å². The van der Waals surface area contributed by atoms with Gasteiger partial charge in [0.25, 0.3) is 0 Å². The van der Waals surface area contributed by atoms with Crippen LogP contribution in [0.1, 0.15) is 53.4 Å². The summed E-state index contributed by atoms with van der Waals surface area (Å²) in [7, 11) is 0. The summed E-state index contributed by atoms with van der Waals surface area (Å²) < 4.78 is 0. The number of allylic oxidation sites excluding steroid dienone is 1. The maximum atomic E-state index is 4.28. The summed E-state index contributed by atoms with van der Waals surface area (Å²) >= 11 is 0. The number of nitrogens with zero attached hydrogens (tertiary/aromatic N) is 1. The molecule has 80 valence electrons. The van der Waals surface area contributed by atoms with Gasteiger partial charge in [0, 0.05) is 17.8 Å². The van der Waals surface area contributed by atoms with E-state index in [1.807, 2.05) is 6.20 Å². The van der Waals surface area contributed by atoms with Crippen molar-refractivity contribution in [3.63, 3.8) is 0 Å². The summed E-state index contributed by atoms with van der Waals surface area (Å²) in [6.07, 6.45) is 11.6. The summed E-state index contributed by atoms with van der Waals surface area (Å²) in [5.41, 5.74) is 0.499. The fourth-order valence-corrected chi connectivity index (χ4v) is 2.03. The number of aliphatic imine (C=N–C) groups is 1. The Morgan fingerprint density at radius 2 is 1.93 bits per heavy atom. The minimum Gasteiger partial charge on any atom is -0.268 e. The first-order chi connectivity index (χ1) is 6.52. The van der Waals surface area contributed by atoms with Gasteiger partial charge in [-0.15, -0.1) is 0 Å². The fraction of sp³-hybridized carbons (Fsp3) is 0.769. The van der Waals surface area contributed by atoms with Gasteiger partial charge in [-0.1, -0.05) is 53.0 Å². The van der Waals surface area contributed by atoms with E-state index in [2.05, 4.69) is 45.0 Å². The van der Waals surface area contributed by atoms with E-state index in [-0.39, 0.29) is 10.8 Å². The smallest absolute Gasteiger partial charge is 0.0302 e. The van der Waals surface area contributed by atoms with E-state index < -0.39 is 0 Å². The number of hydrogen-bond donors (Lipinski definition) is 0. The van der Waals surface area contributed by atoms with E-state index in [1.165, 1.54) is 25.7 Å². The van der Waals surface area contributed by atoms with Gasteiger partial charge in [0.1, 0.15) is 0 Å². The molecule has 0 aromatic heterocycles. The highest BCUT2D eigenvalue weighted by molar-refractivity contribution is 5.73. The summed E-state index contributed by atoms with van der Waals surface area (Å²) in [5.74, 6) is 0. The number of rotatable bonds is 4. The molecule has 0 fully saturated rings. The van der Waals surface area contributed by atoms with E-state index in [1.54, 1.807) is 0 Å². The van der Waals surface area contributed by atoms with Crippen LogP contribution in [-0.2, 0) is 0 Å². The molecule has 0 aromatic rings. The van der Waals surface area contributed by atoms with Gasteiger partial charge < -0.3 is 0 Å². The molecule has 1 unspecified atom stereocenters. The van der Waals surface area contributed by atoms with Crippen LogP contribution < -0.4 is 0 Å². The van der Waals surface area contributed by atoms with Crippen LogP contribution in [0.25, 0.3) is 0 Å². The maximum Gasteiger partial charge on any atom is 0.0302 e. The zero-order valence-corrected chi connectivity index (χ0v) is 10.0. The van der Waals surface area contributed by atoms with Crippen LogP contribution in [0.15, 0.2) is 17.3 Å². The summed E-state index contributed by atoms with van der Waals surface area (Å²) in [4.78, 5) is 4.28. The quantitative estimate of drug-likeness (QED) is 0.593. The Hall–Kier alpha value is -0.590. The molecule has 1 heterocycles. The van der Waals surface area contributed by atoms with Crippen LogP contribution in [0.5, 0.6) is 0 Å². The third-order valence-corrected chi connectivity index (χ3v) is 3.35. The second-order valence-corrected chi connectivity index (χ2v) is 5.34. The Kier molecular flexibility index (Phi) is 3.52. The Morgan fingerprint density at radius 1 is 1.21 bits per heavy atom. The summed E-state index contributed by atoms with van der Waals surface area (Å²) in [5, 5.41) is 0. The monoisotopic (exact) mass is 193 g/mol. The van der Waals surface area contributed by atoms with Gasteiger partial charge in [-0.25, -0.2) is 0 Å². The summed E-state index contributed by atoms with van der Waals surface area (Å²) in [6.45, 7) is 9.17. The second-order valence-electron chi connectivity index (χ2n) is 5.34. The van der Waals surface area contributed by atoms with Crippen molar-refractivity contribution in [3.05, 3.63) is 12.3 Å². The largest absolute Gasteiger partial charge is 0.268 e. The molecular weight excluding hydrogens is 170 g/mol. The van der Waals surface area contributed by atoms with Crippen molar-refractivity contribution >= 4 is 6.21 Å². The maximum absolute atomic E-state index is 4.28. The molecule has 0 saturated heterocycles. The molecule has 1 atom stereocenters. The molecule has 14 heavy (non-hydrogen) atoms. The number of unbranched alkanes of at least 4 members (excludes halogenated alkanes) is 2. The van der Waals surface area contributed by atoms with Gasteiger partial charge >= 0.3 is 0 Å². The van der Waals surface area contributed by atoms with Crippen molar-refractivity contribution in [2.75, 3.05) is 0 Å². The topological polar surface area (TPSA) is 12.4 Å². The molecule has 0 spiro atoms. The van der Waals surface area contributed by atoms with Crippen LogP contribution in [-0.4, -0.2) is 6.21 Å². The van der Waals surface area contributed by atoms with Crippen molar-refractivity contribution < 1.29 is 0 Å². The van der Waals surface area contributed by atoms with Gasteiger partial charge in [0.2, 0.25) is 0 Å². The van der Waals surface area contributed by atoms with Crippen LogP contribution >= 0.6 is 0 Å². The molecule has 0 radical (unpaired) electrons. The van der Waals surface area contributed by atoms with Gasteiger partial charge in [0.15, 0.2) is 0 Å². The highest BCUT2D eigenvalue weighted by Crippen LogP contribution is 2.44. The number of hydrogen-bond acceptors (Lipinski definition) is 1. The third kappa shape index (κ3) is 2.26. The zero-order chi connectivity index (χ0) is 10.7. The van der Waals surface area contributed by atoms with Crippen molar-refractivity contribution in [1.82, 2.24) is 0 Å². The molecule has 1 nitrogen and oxygen atoms in total. The first kappa shape index (κ1) is 11.5. The first-order valence-corrected chi connectivity index (χ1v) is 5.74. The Labute approximate surface area is 88.3 Å². The lowest BCUT2D eigenvalue weighted by atomic mass is 9.65. The zero-order valence-electron chi connectivity index (χ0n) is 10.0. The fourth-order valence-electron chi connectivity index (χ4n) is 2.03. The molecule has 1 heteroatoms. The lowest BCUT2D eigenvalue weighted by molar-refractivity contribution is 0.216. The lowest BCUT2D eigenvalue weighted by Gasteiger charge is -2.38. The minimum absolute atomic E-state index is 0.210. The predicted octanol–water partition coefficient (Wildman–Crippen LogP) is 4.20. The van der Waals surface area contributed by atoms with E-state index >= 15 is 0 Å². The molecule has 0 amide bonds. The highest BCUT2D eigenvalue weighted by atomic mass is 14.7.